The van der Waals surface area contributed by atoms with Crippen LogP contribution in [0.3, 0.4) is 0 Å². The number of carbonyl (C=O) groups excluding carboxylic acids is 2. The van der Waals surface area contributed by atoms with Crippen molar-refractivity contribution in [1.29, 1.82) is 0 Å². The lowest BCUT2D eigenvalue weighted by Gasteiger charge is -2.43. The van der Waals surface area contributed by atoms with Crippen molar-refractivity contribution < 1.29 is 14.3 Å². The molecule has 0 radical (unpaired) electrons. The molecule has 1 saturated heterocycles. The summed E-state index contributed by atoms with van der Waals surface area (Å²) in [4.78, 5) is 26.8. The minimum absolute atomic E-state index is 0.0250. The lowest BCUT2D eigenvalue weighted by atomic mass is 9.65. The van der Waals surface area contributed by atoms with Crippen LogP contribution >= 0.6 is 0 Å². The molecule has 2 bridgehead atoms. The van der Waals surface area contributed by atoms with E-state index < -0.39 is 0 Å². The maximum Gasteiger partial charge on any atom is 0.260 e. The number of nitrogens with two attached hydrogens (primary N) is 1. The van der Waals surface area contributed by atoms with Crippen LogP contribution in [0.2, 0.25) is 0 Å². The molecule has 1 aromatic carbocycles. The molecule has 28 heavy (non-hydrogen) atoms. The van der Waals surface area contributed by atoms with Gasteiger partial charge in [0, 0.05) is 36.8 Å². The van der Waals surface area contributed by atoms with Crippen molar-refractivity contribution in [2.75, 3.05) is 25.0 Å². The molecule has 2 unspecified atom stereocenters. The van der Waals surface area contributed by atoms with E-state index in [1.807, 2.05) is 23.1 Å². The second-order valence-corrected chi connectivity index (χ2v) is 8.59. The number of nitrogens with zero attached hydrogens (tertiary/aromatic N) is 1. The first kappa shape index (κ1) is 19.2. The molecule has 2 atom stereocenters. The van der Waals surface area contributed by atoms with Crippen LogP contribution in [0, 0.1) is 17.8 Å². The van der Waals surface area contributed by atoms with Gasteiger partial charge in [0.15, 0.2) is 6.61 Å². The topological polar surface area (TPSA) is 84.7 Å². The van der Waals surface area contributed by atoms with Crippen LogP contribution in [0.1, 0.15) is 44.9 Å². The van der Waals surface area contributed by atoms with Gasteiger partial charge in [-0.15, -0.1) is 0 Å². The maximum absolute atomic E-state index is 12.8. The van der Waals surface area contributed by atoms with E-state index in [9.17, 15) is 9.59 Å². The standard InChI is InChI=1S/C22H31N3O3/c23-21-15-5-3-6-16(21)12-17(11-15)22(27)24-18-7-4-8-19(13-18)28-14-20(26)25-9-1-2-10-25/h4,7-8,13,15-17,21H,1-3,5-6,9-12,14,23H2,(H,24,27). The summed E-state index contributed by atoms with van der Waals surface area (Å²) in [5.41, 5.74) is 7.06. The predicted molar refractivity (Wildman–Crippen MR) is 108 cm³/mol. The minimum Gasteiger partial charge on any atom is -0.484 e. The summed E-state index contributed by atoms with van der Waals surface area (Å²) in [7, 11) is 0. The van der Waals surface area contributed by atoms with Gasteiger partial charge in [-0.1, -0.05) is 12.5 Å². The summed E-state index contributed by atoms with van der Waals surface area (Å²) in [6.07, 6.45) is 7.47. The van der Waals surface area contributed by atoms with E-state index in [-0.39, 0.29) is 30.4 Å². The van der Waals surface area contributed by atoms with Gasteiger partial charge in [-0.3, -0.25) is 9.59 Å². The summed E-state index contributed by atoms with van der Waals surface area (Å²) in [6.45, 7) is 1.69. The Kier molecular flexibility index (Phi) is 5.85. The third kappa shape index (κ3) is 4.32. The predicted octanol–water partition coefficient (Wildman–Crippen LogP) is 2.78. The Morgan fingerprint density at radius 2 is 1.82 bits per heavy atom. The Labute approximate surface area is 166 Å². The summed E-state index contributed by atoms with van der Waals surface area (Å²) >= 11 is 0. The summed E-state index contributed by atoms with van der Waals surface area (Å²) in [5, 5.41) is 3.04. The Balaban J connectivity index is 1.31. The molecule has 1 aliphatic heterocycles. The lowest BCUT2D eigenvalue weighted by molar-refractivity contribution is -0.132. The van der Waals surface area contributed by atoms with E-state index in [1.54, 1.807) is 6.07 Å². The first-order valence-electron chi connectivity index (χ1n) is 10.7. The van der Waals surface area contributed by atoms with E-state index in [4.69, 9.17) is 10.5 Å². The van der Waals surface area contributed by atoms with Gasteiger partial charge in [0.1, 0.15) is 5.75 Å². The van der Waals surface area contributed by atoms with Gasteiger partial charge in [0.05, 0.1) is 0 Å². The SMILES string of the molecule is NC1C2CCCC1CC(C(=O)Nc1cccc(OCC(=O)N3CCCC3)c1)C2. The highest BCUT2D eigenvalue weighted by Gasteiger charge is 2.40. The molecule has 0 spiro atoms. The molecule has 152 valence electrons. The van der Waals surface area contributed by atoms with E-state index in [0.29, 0.717) is 17.6 Å². The molecule has 3 aliphatic rings. The third-order valence-corrected chi connectivity index (χ3v) is 6.71. The molecule has 4 rings (SSSR count). The van der Waals surface area contributed by atoms with Crippen molar-refractivity contribution in [3.05, 3.63) is 24.3 Å². The normalized spacial score (nSPS) is 29.4. The fraction of sp³-hybridized carbons (Fsp3) is 0.636. The fourth-order valence-electron chi connectivity index (χ4n) is 5.11. The lowest BCUT2D eigenvalue weighted by Crippen LogP contribution is -2.48. The van der Waals surface area contributed by atoms with Gasteiger partial charge in [-0.2, -0.15) is 0 Å². The Bertz CT molecular complexity index is 703. The van der Waals surface area contributed by atoms with E-state index in [1.165, 1.54) is 6.42 Å². The highest BCUT2D eigenvalue weighted by atomic mass is 16.5. The minimum atomic E-state index is 0.0250. The van der Waals surface area contributed by atoms with Crippen LogP contribution < -0.4 is 15.8 Å². The number of ether oxygens (including phenoxy) is 1. The average Bonchev–Trinajstić information content (AvgIpc) is 3.21. The van der Waals surface area contributed by atoms with Gasteiger partial charge in [0.25, 0.3) is 5.91 Å². The fourth-order valence-corrected chi connectivity index (χ4v) is 5.11. The van der Waals surface area contributed by atoms with Crippen molar-refractivity contribution in [1.82, 2.24) is 4.90 Å². The smallest absolute Gasteiger partial charge is 0.260 e. The van der Waals surface area contributed by atoms with Gasteiger partial charge >= 0.3 is 0 Å². The number of carbonyl (C=O) groups is 2. The number of benzene rings is 1. The Morgan fingerprint density at radius 1 is 1.11 bits per heavy atom. The summed E-state index contributed by atoms with van der Waals surface area (Å²) in [5.74, 6) is 1.71. The van der Waals surface area contributed by atoms with E-state index in [2.05, 4.69) is 5.32 Å². The van der Waals surface area contributed by atoms with Crippen LogP contribution in [-0.2, 0) is 9.59 Å². The van der Waals surface area contributed by atoms with Gasteiger partial charge in [-0.05, 0) is 62.5 Å². The van der Waals surface area contributed by atoms with Gasteiger partial charge in [0.2, 0.25) is 5.91 Å². The maximum atomic E-state index is 12.8. The molecular formula is C22H31N3O3. The number of amides is 2. The van der Waals surface area contributed by atoms with Crippen LogP contribution in [0.4, 0.5) is 5.69 Å². The molecule has 3 N–H and O–H groups in total. The molecular weight excluding hydrogens is 354 g/mol. The highest BCUT2D eigenvalue weighted by Crippen LogP contribution is 2.42. The average molecular weight is 386 g/mol. The van der Waals surface area contributed by atoms with E-state index >= 15 is 0 Å². The number of fused-ring (bicyclic) bond motifs is 2. The van der Waals surface area contributed by atoms with Crippen molar-refractivity contribution in [3.63, 3.8) is 0 Å². The molecule has 2 aliphatic carbocycles. The number of likely N-dealkylation sites (tertiary alicyclic amines) is 1. The number of hydrogen-bond donors (Lipinski definition) is 2. The molecule has 2 saturated carbocycles. The van der Waals surface area contributed by atoms with Crippen LogP contribution in [0.15, 0.2) is 24.3 Å². The molecule has 0 aromatic heterocycles. The summed E-state index contributed by atoms with van der Waals surface area (Å²) < 4.78 is 5.66. The number of anilines is 1. The second-order valence-electron chi connectivity index (χ2n) is 8.59. The van der Waals surface area contributed by atoms with Crippen LogP contribution in [0.5, 0.6) is 5.75 Å². The zero-order valence-electron chi connectivity index (χ0n) is 16.4. The first-order chi connectivity index (χ1) is 13.6. The number of nitrogens with one attached hydrogen (secondary N) is 1. The first-order valence-corrected chi connectivity index (χ1v) is 10.7. The third-order valence-electron chi connectivity index (χ3n) is 6.71. The zero-order chi connectivity index (χ0) is 19.5. The van der Waals surface area contributed by atoms with Crippen LogP contribution in [-0.4, -0.2) is 42.5 Å². The molecule has 2 amide bonds. The second kappa shape index (κ2) is 8.52. The highest BCUT2D eigenvalue weighted by molar-refractivity contribution is 5.92. The van der Waals surface area contributed by atoms with Crippen molar-refractivity contribution in [2.45, 2.75) is 51.0 Å². The molecule has 6 heteroatoms. The van der Waals surface area contributed by atoms with Crippen LogP contribution in [0.25, 0.3) is 0 Å². The van der Waals surface area contributed by atoms with E-state index in [0.717, 1.165) is 57.3 Å². The largest absolute Gasteiger partial charge is 0.484 e. The number of rotatable bonds is 5. The van der Waals surface area contributed by atoms with Crippen molar-refractivity contribution in [2.24, 2.45) is 23.5 Å². The quantitative estimate of drug-likeness (QED) is 0.816. The molecule has 3 fully saturated rings. The molecule has 1 aromatic rings. The van der Waals surface area contributed by atoms with Gasteiger partial charge in [-0.25, -0.2) is 0 Å². The molecule has 6 nitrogen and oxygen atoms in total. The Hall–Kier alpha value is -2.08. The Morgan fingerprint density at radius 3 is 2.54 bits per heavy atom. The summed E-state index contributed by atoms with van der Waals surface area (Å²) in [6, 6.07) is 7.59. The monoisotopic (exact) mass is 385 g/mol. The van der Waals surface area contributed by atoms with Crippen molar-refractivity contribution in [3.8, 4) is 5.75 Å². The van der Waals surface area contributed by atoms with Gasteiger partial charge < -0.3 is 20.7 Å². The zero-order valence-corrected chi connectivity index (χ0v) is 16.4. The van der Waals surface area contributed by atoms with Crippen molar-refractivity contribution >= 4 is 17.5 Å². The number of hydrogen-bond acceptors (Lipinski definition) is 4. The molecule has 1 heterocycles.